The van der Waals surface area contributed by atoms with Crippen LogP contribution in [0.5, 0.6) is 0 Å². The molecule has 0 atom stereocenters. The Labute approximate surface area is 78.5 Å². The first-order valence-corrected chi connectivity index (χ1v) is 4.55. The Hall–Kier alpha value is -1.58. The highest BCUT2D eigenvalue weighted by Gasteiger charge is 1.99. The summed E-state index contributed by atoms with van der Waals surface area (Å²) in [4.78, 5) is 7.80. The van der Waals surface area contributed by atoms with Crippen LogP contribution in [0.25, 0.3) is 20.5 Å². The lowest BCUT2D eigenvalue weighted by Crippen LogP contribution is -1.67. The molecule has 64 valence electrons. The van der Waals surface area contributed by atoms with Crippen molar-refractivity contribution in [3.05, 3.63) is 39.8 Å². The van der Waals surface area contributed by atoms with E-state index in [1.807, 2.05) is 18.3 Å². The third-order valence-electron chi connectivity index (χ3n) is 1.66. The maximum Gasteiger partial charge on any atom is 0.0605 e. The molecule has 0 amide bonds. The molecule has 0 aliphatic rings. The van der Waals surface area contributed by atoms with E-state index >= 15 is 0 Å². The van der Waals surface area contributed by atoms with Crippen molar-refractivity contribution in [3.8, 4) is 0 Å². The molecule has 0 fully saturated rings. The number of aromatic nitrogens is 1. The summed E-state index contributed by atoms with van der Waals surface area (Å²) in [5, 5.41) is 4.66. The molecule has 2 aromatic heterocycles. The number of nitrogens with zero attached hydrogens (tertiary/aromatic N) is 4. The van der Waals surface area contributed by atoms with Gasteiger partial charge in [-0.1, -0.05) is 5.11 Å². The van der Waals surface area contributed by atoms with Crippen molar-refractivity contribution in [2.45, 2.75) is 6.54 Å². The summed E-state index contributed by atoms with van der Waals surface area (Å²) >= 11 is 1.61. The van der Waals surface area contributed by atoms with Crippen LogP contribution in [-0.2, 0) is 6.54 Å². The van der Waals surface area contributed by atoms with Crippen LogP contribution in [0.1, 0.15) is 4.88 Å². The second kappa shape index (κ2) is 3.43. The van der Waals surface area contributed by atoms with E-state index < -0.39 is 0 Å². The molecule has 2 rings (SSSR count). The first-order valence-electron chi connectivity index (χ1n) is 3.73. The summed E-state index contributed by atoms with van der Waals surface area (Å²) in [7, 11) is 0. The van der Waals surface area contributed by atoms with Crippen molar-refractivity contribution in [1.82, 2.24) is 4.98 Å². The topological polar surface area (TPSA) is 61.7 Å². The first-order chi connectivity index (χ1) is 6.40. The lowest BCUT2D eigenvalue weighted by atomic mass is 10.3. The maximum atomic E-state index is 8.15. The third kappa shape index (κ3) is 1.61. The van der Waals surface area contributed by atoms with Gasteiger partial charge in [-0.25, -0.2) is 0 Å². The molecule has 0 unspecified atom stereocenters. The van der Waals surface area contributed by atoms with Gasteiger partial charge in [-0.3, -0.25) is 4.98 Å². The Morgan fingerprint density at radius 1 is 1.62 bits per heavy atom. The molecule has 5 heteroatoms. The SMILES string of the molecule is [N-]=[N+]=NCc1cc2ccncc2s1. The van der Waals surface area contributed by atoms with Crippen LogP contribution >= 0.6 is 11.3 Å². The van der Waals surface area contributed by atoms with Gasteiger partial charge in [0.25, 0.3) is 0 Å². The van der Waals surface area contributed by atoms with Crippen LogP contribution in [0.4, 0.5) is 0 Å². The number of hydrogen-bond acceptors (Lipinski definition) is 3. The van der Waals surface area contributed by atoms with Gasteiger partial charge in [0.15, 0.2) is 0 Å². The zero-order valence-corrected chi connectivity index (χ0v) is 7.53. The lowest BCUT2D eigenvalue weighted by Gasteiger charge is -1.81. The molecule has 13 heavy (non-hydrogen) atoms. The summed E-state index contributed by atoms with van der Waals surface area (Å²) in [6.07, 6.45) is 3.58. The van der Waals surface area contributed by atoms with E-state index in [0.717, 1.165) is 15.0 Å². The van der Waals surface area contributed by atoms with E-state index in [0.29, 0.717) is 6.54 Å². The molecule has 0 radical (unpaired) electrons. The summed E-state index contributed by atoms with van der Waals surface area (Å²) < 4.78 is 1.13. The normalized spacial score (nSPS) is 9.85. The van der Waals surface area contributed by atoms with Crippen molar-refractivity contribution in [2.75, 3.05) is 0 Å². The standard InChI is InChI=1S/C8H6N4S/c9-12-11-4-7-3-6-1-2-10-5-8(6)13-7/h1-3,5H,4H2. The minimum atomic E-state index is 0.426. The molecule has 2 aromatic rings. The van der Waals surface area contributed by atoms with Gasteiger partial charge >= 0.3 is 0 Å². The molecule has 0 bridgehead atoms. The highest BCUT2D eigenvalue weighted by molar-refractivity contribution is 7.19. The van der Waals surface area contributed by atoms with Crippen LogP contribution < -0.4 is 0 Å². The van der Waals surface area contributed by atoms with Crippen LogP contribution in [-0.4, -0.2) is 4.98 Å². The molecule has 0 saturated carbocycles. The fourth-order valence-electron chi connectivity index (χ4n) is 1.12. The number of thiophene rings is 1. The highest BCUT2D eigenvalue weighted by atomic mass is 32.1. The van der Waals surface area contributed by atoms with E-state index in [4.69, 9.17) is 5.53 Å². The molecule has 4 nitrogen and oxygen atoms in total. The number of fused-ring (bicyclic) bond motifs is 1. The minimum absolute atomic E-state index is 0.426. The van der Waals surface area contributed by atoms with E-state index in [1.165, 1.54) is 0 Å². The smallest absolute Gasteiger partial charge is 0.0605 e. The van der Waals surface area contributed by atoms with E-state index in [-0.39, 0.29) is 0 Å². The molecule has 2 heterocycles. The van der Waals surface area contributed by atoms with Gasteiger partial charge in [-0.05, 0) is 23.1 Å². The fourth-order valence-corrected chi connectivity index (χ4v) is 2.07. The molecular formula is C8H6N4S. The summed E-state index contributed by atoms with van der Waals surface area (Å²) in [5.41, 5.74) is 8.15. The Morgan fingerprint density at radius 3 is 3.31 bits per heavy atom. The largest absolute Gasteiger partial charge is 0.263 e. The maximum absolute atomic E-state index is 8.15. The Balaban J connectivity index is 2.43. The molecular weight excluding hydrogens is 184 g/mol. The van der Waals surface area contributed by atoms with Gasteiger partial charge in [-0.15, -0.1) is 11.3 Å². The van der Waals surface area contributed by atoms with Gasteiger partial charge in [0.1, 0.15) is 0 Å². The highest BCUT2D eigenvalue weighted by Crippen LogP contribution is 2.24. The van der Waals surface area contributed by atoms with Crippen molar-refractivity contribution >= 4 is 21.4 Å². The Morgan fingerprint density at radius 2 is 2.54 bits per heavy atom. The van der Waals surface area contributed by atoms with Crippen LogP contribution in [0, 0.1) is 0 Å². The fraction of sp³-hybridized carbons (Fsp3) is 0.125. The molecule has 0 aromatic carbocycles. The van der Waals surface area contributed by atoms with Crippen molar-refractivity contribution in [1.29, 1.82) is 0 Å². The number of rotatable bonds is 2. The predicted molar refractivity (Wildman–Crippen MR) is 52.5 cm³/mol. The van der Waals surface area contributed by atoms with Gasteiger partial charge in [0.2, 0.25) is 0 Å². The second-order valence-electron chi connectivity index (χ2n) is 2.52. The minimum Gasteiger partial charge on any atom is -0.263 e. The first kappa shape index (κ1) is 8.04. The average Bonchev–Trinajstić information content (AvgIpc) is 2.57. The monoisotopic (exact) mass is 190 g/mol. The number of azide groups is 1. The second-order valence-corrected chi connectivity index (χ2v) is 3.68. The van der Waals surface area contributed by atoms with Crippen molar-refractivity contribution in [3.63, 3.8) is 0 Å². The summed E-state index contributed by atoms with van der Waals surface area (Å²) in [5.74, 6) is 0. The van der Waals surface area contributed by atoms with E-state index in [9.17, 15) is 0 Å². The molecule has 0 saturated heterocycles. The average molecular weight is 190 g/mol. The molecule has 0 N–H and O–H groups in total. The van der Waals surface area contributed by atoms with E-state index in [1.54, 1.807) is 17.5 Å². The van der Waals surface area contributed by atoms with E-state index in [2.05, 4.69) is 15.0 Å². The number of pyridine rings is 1. The summed E-state index contributed by atoms with van der Waals surface area (Å²) in [6.45, 7) is 0.426. The zero-order chi connectivity index (χ0) is 9.10. The van der Waals surface area contributed by atoms with Crippen LogP contribution in [0.2, 0.25) is 0 Å². The quantitative estimate of drug-likeness (QED) is 0.407. The zero-order valence-electron chi connectivity index (χ0n) is 6.71. The van der Waals surface area contributed by atoms with Gasteiger partial charge in [-0.2, -0.15) is 0 Å². The Kier molecular flexibility index (Phi) is 2.12. The molecule has 0 aliphatic carbocycles. The van der Waals surface area contributed by atoms with Crippen molar-refractivity contribution in [2.24, 2.45) is 5.11 Å². The lowest BCUT2D eigenvalue weighted by molar-refractivity contribution is 1.08. The van der Waals surface area contributed by atoms with Crippen molar-refractivity contribution < 1.29 is 0 Å². The van der Waals surface area contributed by atoms with Gasteiger partial charge < -0.3 is 0 Å². The van der Waals surface area contributed by atoms with Gasteiger partial charge in [0, 0.05) is 22.2 Å². The number of hydrogen-bond donors (Lipinski definition) is 0. The molecule has 0 aliphatic heterocycles. The Bertz CT molecular complexity index is 437. The van der Waals surface area contributed by atoms with Crippen LogP contribution in [0.3, 0.4) is 0 Å². The third-order valence-corrected chi connectivity index (χ3v) is 2.73. The predicted octanol–water partition coefficient (Wildman–Crippen LogP) is 3.11. The van der Waals surface area contributed by atoms with Crippen LogP contribution in [0.15, 0.2) is 29.6 Å². The molecule has 0 spiro atoms. The summed E-state index contributed by atoms with van der Waals surface area (Å²) in [6, 6.07) is 3.97. The van der Waals surface area contributed by atoms with Gasteiger partial charge in [0.05, 0.1) is 11.2 Å².